The molecule has 2 atom stereocenters. The Morgan fingerprint density at radius 1 is 1.13 bits per heavy atom. The maximum absolute atomic E-state index is 12.4. The van der Waals surface area contributed by atoms with Crippen LogP contribution in [0.2, 0.25) is 0 Å². The summed E-state index contributed by atoms with van der Waals surface area (Å²) < 4.78 is 11.0. The van der Waals surface area contributed by atoms with Crippen LogP contribution in [0.25, 0.3) is 22.1 Å². The maximum Gasteiger partial charge on any atom is 0.336 e. The molecule has 0 aliphatic carbocycles. The van der Waals surface area contributed by atoms with Gasteiger partial charge in [-0.1, -0.05) is 50.1 Å². The average molecular weight is 423 g/mol. The molecule has 0 spiro atoms. The lowest BCUT2D eigenvalue weighted by atomic mass is 10.0. The van der Waals surface area contributed by atoms with Crippen molar-refractivity contribution in [2.45, 2.75) is 45.3 Å². The highest BCUT2D eigenvalue weighted by molar-refractivity contribution is 5.94. The number of fused-ring (bicyclic) bond motifs is 1. The van der Waals surface area contributed by atoms with E-state index in [2.05, 4.69) is 5.32 Å². The molecular weight excluding hydrogens is 398 g/mol. The van der Waals surface area contributed by atoms with Crippen molar-refractivity contribution in [2.24, 2.45) is 0 Å². The third kappa shape index (κ3) is 5.51. The van der Waals surface area contributed by atoms with Gasteiger partial charge in [-0.15, -0.1) is 0 Å². The largest absolute Gasteiger partial charge is 0.481 e. The van der Waals surface area contributed by atoms with Gasteiger partial charge in [0.15, 0.2) is 6.10 Å². The van der Waals surface area contributed by atoms with E-state index >= 15 is 0 Å². The van der Waals surface area contributed by atoms with Gasteiger partial charge in [0, 0.05) is 17.5 Å². The molecule has 0 fully saturated rings. The van der Waals surface area contributed by atoms with Gasteiger partial charge < -0.3 is 19.6 Å². The Bertz CT molecular complexity index is 1120. The van der Waals surface area contributed by atoms with Crippen molar-refractivity contribution in [1.82, 2.24) is 5.32 Å². The van der Waals surface area contributed by atoms with E-state index in [0.717, 1.165) is 22.9 Å². The number of carboxylic acid groups (broad SMARTS) is 1. The first-order chi connectivity index (χ1) is 14.9. The lowest BCUT2D eigenvalue weighted by molar-refractivity contribution is -0.143. The van der Waals surface area contributed by atoms with Crippen molar-refractivity contribution >= 4 is 22.8 Å². The highest BCUT2D eigenvalue weighted by Crippen LogP contribution is 2.29. The second-order valence-corrected chi connectivity index (χ2v) is 7.30. The van der Waals surface area contributed by atoms with E-state index in [4.69, 9.17) is 9.15 Å². The molecule has 0 bridgehead atoms. The van der Waals surface area contributed by atoms with Gasteiger partial charge in [-0.05, 0) is 36.6 Å². The van der Waals surface area contributed by atoms with Gasteiger partial charge in [0.2, 0.25) is 0 Å². The molecule has 0 saturated heterocycles. The lowest BCUT2D eigenvalue weighted by Crippen LogP contribution is -2.46. The van der Waals surface area contributed by atoms with Gasteiger partial charge in [0.25, 0.3) is 5.91 Å². The predicted octanol–water partition coefficient (Wildman–Crippen LogP) is 3.99. The summed E-state index contributed by atoms with van der Waals surface area (Å²) in [6.07, 6.45) is 0.956. The number of ether oxygens (including phenoxy) is 1. The molecule has 7 nitrogen and oxygen atoms in total. The SMILES string of the molecule is CCCC[C@H](NC(=O)[C@H](C)Oc1ccc2c(-c3ccccc3)cc(=O)oc2c1)C(=O)O. The molecule has 2 aromatic carbocycles. The molecule has 0 aliphatic heterocycles. The summed E-state index contributed by atoms with van der Waals surface area (Å²) in [7, 11) is 0. The summed E-state index contributed by atoms with van der Waals surface area (Å²) in [5.74, 6) is -1.26. The molecule has 0 radical (unpaired) electrons. The number of rotatable bonds is 9. The fourth-order valence-corrected chi connectivity index (χ4v) is 3.29. The quantitative estimate of drug-likeness (QED) is 0.504. The number of carbonyl (C=O) groups is 2. The first-order valence-electron chi connectivity index (χ1n) is 10.2. The van der Waals surface area contributed by atoms with Gasteiger partial charge in [0.1, 0.15) is 17.4 Å². The van der Waals surface area contributed by atoms with Crippen LogP contribution in [0.15, 0.2) is 63.8 Å². The van der Waals surface area contributed by atoms with Crippen molar-refractivity contribution < 1.29 is 23.8 Å². The number of aliphatic carboxylic acids is 1. The van der Waals surface area contributed by atoms with Gasteiger partial charge in [0.05, 0.1) is 0 Å². The molecule has 2 N–H and O–H groups in total. The monoisotopic (exact) mass is 423 g/mol. The number of nitrogens with one attached hydrogen (secondary N) is 1. The zero-order valence-electron chi connectivity index (χ0n) is 17.5. The molecule has 7 heteroatoms. The van der Waals surface area contributed by atoms with Gasteiger partial charge in [-0.3, -0.25) is 4.79 Å². The van der Waals surface area contributed by atoms with E-state index in [1.54, 1.807) is 18.2 Å². The zero-order valence-corrected chi connectivity index (χ0v) is 17.5. The number of benzene rings is 2. The summed E-state index contributed by atoms with van der Waals surface area (Å²) in [5.41, 5.74) is 1.47. The fourth-order valence-electron chi connectivity index (χ4n) is 3.29. The Morgan fingerprint density at radius 2 is 1.87 bits per heavy atom. The van der Waals surface area contributed by atoms with Crippen LogP contribution in [0, 0.1) is 0 Å². The average Bonchev–Trinajstić information content (AvgIpc) is 2.76. The summed E-state index contributed by atoms with van der Waals surface area (Å²) in [4.78, 5) is 35.8. The predicted molar refractivity (Wildman–Crippen MR) is 117 cm³/mol. The van der Waals surface area contributed by atoms with Gasteiger partial charge >= 0.3 is 11.6 Å². The number of carbonyl (C=O) groups excluding carboxylic acids is 1. The molecule has 1 heterocycles. The van der Waals surface area contributed by atoms with Crippen LogP contribution in [0.3, 0.4) is 0 Å². The zero-order chi connectivity index (χ0) is 22.4. The number of hydrogen-bond donors (Lipinski definition) is 2. The molecule has 0 saturated carbocycles. The Balaban J connectivity index is 1.80. The fraction of sp³-hybridized carbons (Fsp3) is 0.292. The van der Waals surface area contributed by atoms with Crippen molar-refractivity contribution in [3.05, 3.63) is 65.0 Å². The van der Waals surface area contributed by atoms with Crippen LogP contribution < -0.4 is 15.7 Å². The van der Waals surface area contributed by atoms with E-state index in [9.17, 15) is 19.5 Å². The molecule has 0 unspecified atom stereocenters. The number of unbranched alkanes of at least 4 members (excludes halogenated alkanes) is 1. The minimum absolute atomic E-state index is 0.336. The number of amides is 1. The summed E-state index contributed by atoms with van der Waals surface area (Å²) in [6, 6.07) is 15.0. The van der Waals surface area contributed by atoms with Gasteiger partial charge in [-0.2, -0.15) is 0 Å². The van der Waals surface area contributed by atoms with Gasteiger partial charge in [-0.25, -0.2) is 9.59 Å². The third-order valence-corrected chi connectivity index (χ3v) is 4.94. The minimum Gasteiger partial charge on any atom is -0.481 e. The number of carboxylic acids is 1. The molecule has 31 heavy (non-hydrogen) atoms. The van der Waals surface area contributed by atoms with Crippen molar-refractivity contribution in [3.63, 3.8) is 0 Å². The normalized spacial score (nSPS) is 12.8. The Kier molecular flexibility index (Phi) is 7.07. The molecule has 3 aromatic rings. The van der Waals surface area contributed by atoms with Crippen LogP contribution >= 0.6 is 0 Å². The molecule has 1 amide bonds. The second-order valence-electron chi connectivity index (χ2n) is 7.30. The molecule has 0 aliphatic rings. The topological polar surface area (TPSA) is 106 Å². The summed E-state index contributed by atoms with van der Waals surface area (Å²) in [5, 5.41) is 12.5. The lowest BCUT2D eigenvalue weighted by Gasteiger charge is -2.19. The number of hydrogen-bond acceptors (Lipinski definition) is 5. The Morgan fingerprint density at radius 3 is 2.55 bits per heavy atom. The molecule has 3 rings (SSSR count). The first kappa shape index (κ1) is 22.1. The minimum atomic E-state index is -1.07. The van der Waals surface area contributed by atoms with Crippen LogP contribution in [0.1, 0.15) is 33.1 Å². The highest BCUT2D eigenvalue weighted by atomic mass is 16.5. The van der Waals surface area contributed by atoms with E-state index < -0.39 is 29.6 Å². The van der Waals surface area contributed by atoms with Crippen molar-refractivity contribution in [1.29, 1.82) is 0 Å². The summed E-state index contributed by atoms with van der Waals surface area (Å²) >= 11 is 0. The van der Waals surface area contributed by atoms with Crippen LogP contribution in [-0.2, 0) is 9.59 Å². The molecular formula is C24H25NO6. The van der Waals surface area contributed by atoms with E-state index in [-0.39, 0.29) is 0 Å². The van der Waals surface area contributed by atoms with Crippen LogP contribution in [0.5, 0.6) is 5.75 Å². The Labute approximate surface area is 179 Å². The molecule has 1 aromatic heterocycles. The van der Waals surface area contributed by atoms with E-state index in [1.165, 1.54) is 13.0 Å². The van der Waals surface area contributed by atoms with Crippen molar-refractivity contribution in [2.75, 3.05) is 0 Å². The van der Waals surface area contributed by atoms with Crippen LogP contribution in [0.4, 0.5) is 0 Å². The van der Waals surface area contributed by atoms with Crippen LogP contribution in [-0.4, -0.2) is 29.1 Å². The third-order valence-electron chi connectivity index (χ3n) is 4.94. The highest BCUT2D eigenvalue weighted by Gasteiger charge is 2.23. The van der Waals surface area contributed by atoms with E-state index in [1.807, 2.05) is 37.3 Å². The standard InChI is InChI=1S/C24H25NO6/c1-3-4-10-20(24(28)29)25-23(27)15(2)30-17-11-12-18-19(16-8-6-5-7-9-16)14-22(26)31-21(18)13-17/h5-9,11-15,20H,3-4,10H2,1-2H3,(H,25,27)(H,28,29)/t15-,20-/m0/s1. The maximum atomic E-state index is 12.4. The Hall–Kier alpha value is -3.61. The smallest absolute Gasteiger partial charge is 0.336 e. The first-order valence-corrected chi connectivity index (χ1v) is 10.2. The second kappa shape index (κ2) is 9.93. The molecule has 162 valence electrons. The van der Waals surface area contributed by atoms with E-state index in [0.29, 0.717) is 24.2 Å². The summed E-state index contributed by atoms with van der Waals surface area (Å²) in [6.45, 7) is 3.49. The van der Waals surface area contributed by atoms with Crippen molar-refractivity contribution in [3.8, 4) is 16.9 Å².